The minimum absolute atomic E-state index is 0.283. The molecule has 0 radical (unpaired) electrons. The molecule has 0 aliphatic carbocycles. The summed E-state index contributed by atoms with van der Waals surface area (Å²) in [4.78, 5) is 0.283. The monoisotopic (exact) mass is 252 g/mol. The number of hydrogen-bond donors (Lipinski definition) is 0. The van der Waals surface area contributed by atoms with Crippen LogP contribution in [0.5, 0.6) is 0 Å². The van der Waals surface area contributed by atoms with Crippen molar-refractivity contribution in [3.05, 3.63) is 29.7 Å². The fourth-order valence-electron chi connectivity index (χ4n) is 1.55. The van der Waals surface area contributed by atoms with Crippen LogP contribution in [0.25, 0.3) is 11.5 Å². The third-order valence-corrected chi connectivity index (χ3v) is 3.60. The minimum atomic E-state index is -3.25. The predicted molar refractivity (Wildman–Crippen MR) is 62.3 cm³/mol. The van der Waals surface area contributed by atoms with Gasteiger partial charge >= 0.3 is 0 Å². The van der Waals surface area contributed by atoms with Gasteiger partial charge in [-0.25, -0.2) is 8.42 Å². The predicted octanol–water partition coefficient (Wildman–Crippen LogP) is 1.76. The Morgan fingerprint density at radius 3 is 2.41 bits per heavy atom. The Labute approximate surface area is 99.4 Å². The van der Waals surface area contributed by atoms with Crippen LogP contribution in [0.1, 0.15) is 11.5 Å². The van der Waals surface area contributed by atoms with Gasteiger partial charge in [-0.1, -0.05) is 6.07 Å². The Kier molecular flexibility index (Phi) is 2.74. The van der Waals surface area contributed by atoms with Gasteiger partial charge in [0.2, 0.25) is 11.8 Å². The van der Waals surface area contributed by atoms with Crippen LogP contribution in [0.2, 0.25) is 0 Å². The summed E-state index contributed by atoms with van der Waals surface area (Å²) >= 11 is 0. The SMILES string of the molecule is Cc1nnc(-c2ccc(C)c(S(C)(=O)=O)c2)o1. The van der Waals surface area contributed by atoms with Gasteiger partial charge in [0, 0.05) is 18.7 Å². The zero-order valence-corrected chi connectivity index (χ0v) is 10.6. The van der Waals surface area contributed by atoms with E-state index < -0.39 is 9.84 Å². The number of aryl methyl sites for hydroxylation is 2. The first-order valence-corrected chi connectivity index (χ1v) is 6.88. The van der Waals surface area contributed by atoms with E-state index in [0.29, 0.717) is 22.9 Å². The second-order valence-electron chi connectivity index (χ2n) is 3.88. The molecule has 0 fully saturated rings. The molecule has 0 saturated heterocycles. The first kappa shape index (κ1) is 11.8. The number of sulfone groups is 1. The maximum absolute atomic E-state index is 11.6. The van der Waals surface area contributed by atoms with E-state index >= 15 is 0 Å². The molecule has 2 aromatic rings. The Morgan fingerprint density at radius 2 is 1.88 bits per heavy atom. The summed E-state index contributed by atoms with van der Waals surface area (Å²) in [6, 6.07) is 5.04. The normalized spacial score (nSPS) is 11.7. The molecule has 0 N–H and O–H groups in total. The zero-order chi connectivity index (χ0) is 12.6. The zero-order valence-electron chi connectivity index (χ0n) is 9.76. The lowest BCUT2D eigenvalue weighted by atomic mass is 10.1. The van der Waals surface area contributed by atoms with Crippen molar-refractivity contribution in [1.29, 1.82) is 0 Å². The highest BCUT2D eigenvalue weighted by Gasteiger charge is 2.14. The van der Waals surface area contributed by atoms with Gasteiger partial charge in [0.25, 0.3) is 0 Å². The maximum atomic E-state index is 11.6. The fourth-order valence-corrected chi connectivity index (χ4v) is 2.54. The van der Waals surface area contributed by atoms with Crippen LogP contribution < -0.4 is 0 Å². The van der Waals surface area contributed by atoms with Gasteiger partial charge in [-0.2, -0.15) is 0 Å². The summed E-state index contributed by atoms with van der Waals surface area (Å²) < 4.78 is 28.4. The van der Waals surface area contributed by atoms with Gasteiger partial charge in [0.1, 0.15) is 0 Å². The van der Waals surface area contributed by atoms with Crippen molar-refractivity contribution in [3.8, 4) is 11.5 Å². The summed E-state index contributed by atoms with van der Waals surface area (Å²) in [5.74, 6) is 0.772. The molecule has 0 aliphatic rings. The van der Waals surface area contributed by atoms with Gasteiger partial charge in [-0.3, -0.25) is 0 Å². The highest BCUT2D eigenvalue weighted by Crippen LogP contribution is 2.24. The molecular formula is C11H12N2O3S. The van der Waals surface area contributed by atoms with Gasteiger partial charge in [-0.15, -0.1) is 10.2 Å². The summed E-state index contributed by atoms with van der Waals surface area (Å²) in [6.45, 7) is 3.43. The van der Waals surface area contributed by atoms with Crippen LogP contribution in [0, 0.1) is 13.8 Å². The molecule has 0 bridgehead atoms. The van der Waals surface area contributed by atoms with Gasteiger partial charge in [0.05, 0.1) is 4.90 Å². The molecule has 0 amide bonds. The minimum Gasteiger partial charge on any atom is -0.421 e. The lowest BCUT2D eigenvalue weighted by molar-refractivity contribution is 0.532. The first-order chi connectivity index (χ1) is 7.88. The average Bonchev–Trinajstić information content (AvgIpc) is 2.64. The lowest BCUT2D eigenvalue weighted by Gasteiger charge is -2.04. The molecule has 17 heavy (non-hydrogen) atoms. The van der Waals surface area contributed by atoms with Crippen molar-refractivity contribution in [3.63, 3.8) is 0 Å². The quantitative estimate of drug-likeness (QED) is 0.814. The smallest absolute Gasteiger partial charge is 0.247 e. The van der Waals surface area contributed by atoms with E-state index in [1.807, 2.05) is 0 Å². The van der Waals surface area contributed by atoms with Crippen molar-refractivity contribution in [2.75, 3.05) is 6.26 Å². The summed E-state index contributed by atoms with van der Waals surface area (Å²) in [5.41, 5.74) is 1.31. The highest BCUT2D eigenvalue weighted by molar-refractivity contribution is 7.90. The molecule has 0 saturated carbocycles. The van der Waals surface area contributed by atoms with Gasteiger partial charge in [0.15, 0.2) is 9.84 Å². The lowest BCUT2D eigenvalue weighted by Crippen LogP contribution is -2.00. The van der Waals surface area contributed by atoms with E-state index in [-0.39, 0.29) is 4.90 Å². The molecule has 1 aromatic carbocycles. The topological polar surface area (TPSA) is 73.1 Å². The van der Waals surface area contributed by atoms with Crippen LogP contribution in [-0.2, 0) is 9.84 Å². The molecular weight excluding hydrogens is 240 g/mol. The second kappa shape index (κ2) is 3.96. The molecule has 5 nitrogen and oxygen atoms in total. The Balaban J connectivity index is 2.59. The van der Waals surface area contributed by atoms with Gasteiger partial charge < -0.3 is 4.42 Å². The van der Waals surface area contributed by atoms with Crippen LogP contribution in [0.4, 0.5) is 0 Å². The fraction of sp³-hybridized carbons (Fsp3) is 0.273. The molecule has 90 valence electrons. The number of benzene rings is 1. The van der Waals surface area contributed by atoms with Crippen molar-refractivity contribution < 1.29 is 12.8 Å². The van der Waals surface area contributed by atoms with E-state index in [4.69, 9.17) is 4.42 Å². The molecule has 2 rings (SSSR count). The first-order valence-electron chi connectivity index (χ1n) is 4.99. The van der Waals surface area contributed by atoms with Crippen LogP contribution in [0.15, 0.2) is 27.5 Å². The summed E-state index contributed by atoms with van der Waals surface area (Å²) in [6.07, 6.45) is 1.18. The largest absolute Gasteiger partial charge is 0.421 e. The number of nitrogens with zero attached hydrogens (tertiary/aromatic N) is 2. The number of rotatable bonds is 2. The summed E-state index contributed by atoms with van der Waals surface area (Å²) in [5, 5.41) is 7.57. The van der Waals surface area contributed by atoms with Crippen LogP contribution in [0.3, 0.4) is 0 Å². The standard InChI is InChI=1S/C11H12N2O3S/c1-7-4-5-9(6-10(7)17(3,14)15)11-13-12-8(2)16-11/h4-6H,1-3H3. The third-order valence-electron chi connectivity index (χ3n) is 2.36. The molecule has 0 atom stereocenters. The highest BCUT2D eigenvalue weighted by atomic mass is 32.2. The Hall–Kier alpha value is -1.69. The number of hydrogen-bond acceptors (Lipinski definition) is 5. The number of aromatic nitrogens is 2. The van der Waals surface area contributed by atoms with E-state index in [2.05, 4.69) is 10.2 Å². The average molecular weight is 252 g/mol. The Morgan fingerprint density at radius 1 is 1.18 bits per heavy atom. The van der Waals surface area contributed by atoms with E-state index in [9.17, 15) is 8.42 Å². The maximum Gasteiger partial charge on any atom is 0.247 e. The molecule has 1 aromatic heterocycles. The molecule has 0 aliphatic heterocycles. The van der Waals surface area contributed by atoms with Crippen LogP contribution in [-0.4, -0.2) is 24.9 Å². The second-order valence-corrected chi connectivity index (χ2v) is 5.86. The van der Waals surface area contributed by atoms with Crippen molar-refractivity contribution in [1.82, 2.24) is 10.2 Å². The molecule has 1 heterocycles. The van der Waals surface area contributed by atoms with E-state index in [1.165, 1.54) is 6.26 Å². The Bertz CT molecular complexity index is 659. The summed E-state index contributed by atoms with van der Waals surface area (Å²) in [7, 11) is -3.25. The van der Waals surface area contributed by atoms with Crippen LogP contribution >= 0.6 is 0 Å². The van der Waals surface area contributed by atoms with Crippen molar-refractivity contribution in [2.45, 2.75) is 18.7 Å². The van der Waals surface area contributed by atoms with E-state index in [1.54, 1.807) is 32.0 Å². The van der Waals surface area contributed by atoms with Crippen molar-refractivity contribution in [2.24, 2.45) is 0 Å². The van der Waals surface area contributed by atoms with Crippen molar-refractivity contribution >= 4 is 9.84 Å². The van der Waals surface area contributed by atoms with Gasteiger partial charge in [-0.05, 0) is 24.6 Å². The van der Waals surface area contributed by atoms with E-state index in [0.717, 1.165) is 0 Å². The third kappa shape index (κ3) is 2.36. The molecule has 0 unspecified atom stereocenters. The molecule has 0 spiro atoms. The molecule has 6 heteroatoms.